The van der Waals surface area contributed by atoms with Gasteiger partial charge in [0.05, 0.1) is 10.7 Å². The Morgan fingerprint density at radius 1 is 1.22 bits per heavy atom. The van der Waals surface area contributed by atoms with Crippen LogP contribution in [0.5, 0.6) is 0 Å². The van der Waals surface area contributed by atoms with Crippen LogP contribution in [0.25, 0.3) is 5.65 Å². The van der Waals surface area contributed by atoms with E-state index in [1.165, 1.54) is 5.56 Å². The summed E-state index contributed by atoms with van der Waals surface area (Å²) in [5.74, 6) is 1.30. The fourth-order valence-electron chi connectivity index (χ4n) is 2.07. The maximum Gasteiger partial charge on any atom is 0.171 e. The van der Waals surface area contributed by atoms with Gasteiger partial charge in [-0.3, -0.25) is 4.98 Å². The number of hydrogen-bond acceptors (Lipinski definition) is 4. The number of nitrogens with zero attached hydrogens (tertiary/aromatic N) is 4. The van der Waals surface area contributed by atoms with E-state index in [1.807, 2.05) is 30.5 Å². The molecule has 0 atom stereocenters. The second-order valence-corrected chi connectivity index (χ2v) is 6.01. The van der Waals surface area contributed by atoms with Crippen molar-refractivity contribution in [2.45, 2.75) is 40.2 Å². The fraction of sp³-hybridized carbons (Fsp3) is 0.353. The summed E-state index contributed by atoms with van der Waals surface area (Å²) in [7, 11) is 0. The number of hydrogen-bond donors (Lipinski definition) is 1. The summed E-state index contributed by atoms with van der Waals surface area (Å²) >= 11 is 3.50. The average Bonchev–Trinajstić information content (AvgIpc) is 2.97. The van der Waals surface area contributed by atoms with Crippen molar-refractivity contribution in [1.29, 1.82) is 0 Å². The van der Waals surface area contributed by atoms with Crippen LogP contribution in [0, 0.1) is 0 Å². The van der Waals surface area contributed by atoms with Crippen LogP contribution >= 0.6 is 15.9 Å². The molecular weight excluding hydrogens is 354 g/mol. The van der Waals surface area contributed by atoms with Crippen molar-refractivity contribution in [2.24, 2.45) is 0 Å². The third kappa shape index (κ3) is 4.07. The number of nitrogens with one attached hydrogen (secondary N) is 1. The molecule has 0 spiro atoms. The molecule has 3 heterocycles. The largest absolute Gasteiger partial charge is 0.366 e. The van der Waals surface area contributed by atoms with Gasteiger partial charge < -0.3 is 5.32 Å². The first-order valence-electron chi connectivity index (χ1n) is 7.82. The van der Waals surface area contributed by atoms with E-state index >= 15 is 0 Å². The molecule has 0 aromatic carbocycles. The quantitative estimate of drug-likeness (QED) is 0.720. The Labute approximate surface area is 145 Å². The van der Waals surface area contributed by atoms with E-state index in [0.717, 1.165) is 28.2 Å². The molecule has 6 heteroatoms. The molecule has 122 valence electrons. The number of fused-ring (bicyclic) bond motifs is 1. The van der Waals surface area contributed by atoms with Gasteiger partial charge in [-0.2, -0.15) is 9.61 Å². The molecule has 23 heavy (non-hydrogen) atoms. The van der Waals surface area contributed by atoms with Gasteiger partial charge in [-0.15, -0.1) is 0 Å². The van der Waals surface area contributed by atoms with Crippen LogP contribution < -0.4 is 5.32 Å². The first-order chi connectivity index (χ1) is 11.1. The first-order valence-corrected chi connectivity index (χ1v) is 8.61. The Bertz CT molecular complexity index is 752. The fourth-order valence-corrected chi connectivity index (χ4v) is 2.42. The van der Waals surface area contributed by atoms with Crippen LogP contribution in [0.2, 0.25) is 0 Å². The summed E-state index contributed by atoms with van der Waals surface area (Å²) in [6.07, 6.45) is 5.36. The molecular formula is C17H22BrN5. The topological polar surface area (TPSA) is 55.1 Å². The molecule has 3 aromatic rings. The predicted octanol–water partition coefficient (Wildman–Crippen LogP) is 4.65. The maximum absolute atomic E-state index is 4.65. The minimum absolute atomic E-state index is 0.360. The van der Waals surface area contributed by atoms with Gasteiger partial charge in [-0.05, 0) is 39.5 Å². The lowest BCUT2D eigenvalue weighted by atomic mass is 10.1. The number of rotatable bonds is 4. The molecule has 0 aliphatic carbocycles. The van der Waals surface area contributed by atoms with Crippen LogP contribution in [0.3, 0.4) is 0 Å². The Kier molecular flexibility index (Phi) is 6.10. The van der Waals surface area contributed by atoms with Gasteiger partial charge in [-0.25, -0.2) is 4.98 Å². The van der Waals surface area contributed by atoms with E-state index in [4.69, 9.17) is 0 Å². The number of pyridine rings is 1. The van der Waals surface area contributed by atoms with Crippen molar-refractivity contribution >= 4 is 27.4 Å². The molecule has 1 N–H and O–H groups in total. The smallest absolute Gasteiger partial charge is 0.171 e. The predicted molar refractivity (Wildman–Crippen MR) is 97.7 cm³/mol. The lowest BCUT2D eigenvalue weighted by molar-refractivity contribution is 0.808. The maximum atomic E-state index is 4.65. The second kappa shape index (κ2) is 8.06. The molecule has 0 fully saturated rings. The summed E-state index contributed by atoms with van der Waals surface area (Å²) in [5.41, 5.74) is 3.05. The first kappa shape index (κ1) is 17.4. The van der Waals surface area contributed by atoms with Crippen LogP contribution in [0.4, 0.5) is 5.82 Å². The van der Waals surface area contributed by atoms with Crippen molar-refractivity contribution in [3.05, 3.63) is 52.5 Å². The van der Waals surface area contributed by atoms with Crippen molar-refractivity contribution in [2.75, 3.05) is 5.32 Å². The highest BCUT2D eigenvalue weighted by Gasteiger charge is 2.11. The molecule has 3 rings (SSSR count). The van der Waals surface area contributed by atoms with Crippen molar-refractivity contribution < 1.29 is 0 Å². The summed E-state index contributed by atoms with van der Waals surface area (Å²) in [5, 5.41) is 7.79. The van der Waals surface area contributed by atoms with Gasteiger partial charge >= 0.3 is 0 Å². The molecule has 0 radical (unpaired) electrons. The highest BCUT2D eigenvalue weighted by atomic mass is 79.9. The molecule has 0 aliphatic heterocycles. The van der Waals surface area contributed by atoms with Gasteiger partial charge in [0.2, 0.25) is 0 Å². The summed E-state index contributed by atoms with van der Waals surface area (Å²) in [4.78, 5) is 8.68. The number of anilines is 1. The summed E-state index contributed by atoms with van der Waals surface area (Å²) < 4.78 is 2.72. The van der Waals surface area contributed by atoms with Crippen LogP contribution in [0.15, 0.2) is 41.3 Å². The Balaban J connectivity index is 0.000000924. The number of halogens is 1. The molecule has 0 saturated heterocycles. The number of aromatic nitrogens is 4. The zero-order valence-electron chi connectivity index (χ0n) is 13.9. The SMILES string of the molecule is CC.CC(C)c1cc(NCc2ccncc2)n2ncc(Br)c2n1. The normalized spacial score (nSPS) is 10.5. The Hall–Kier alpha value is -1.95. The average molecular weight is 376 g/mol. The van der Waals surface area contributed by atoms with E-state index in [0.29, 0.717) is 5.92 Å². The van der Waals surface area contributed by atoms with Crippen LogP contribution in [-0.4, -0.2) is 19.6 Å². The third-order valence-corrected chi connectivity index (χ3v) is 3.82. The van der Waals surface area contributed by atoms with Gasteiger partial charge in [0.25, 0.3) is 0 Å². The zero-order valence-corrected chi connectivity index (χ0v) is 15.5. The zero-order chi connectivity index (χ0) is 16.8. The molecule has 0 aliphatic rings. The molecule has 0 saturated carbocycles. The van der Waals surface area contributed by atoms with E-state index in [2.05, 4.69) is 56.2 Å². The van der Waals surface area contributed by atoms with Crippen molar-refractivity contribution in [3.8, 4) is 0 Å². The van der Waals surface area contributed by atoms with Gasteiger partial charge in [0.15, 0.2) is 5.65 Å². The third-order valence-electron chi connectivity index (χ3n) is 3.26. The van der Waals surface area contributed by atoms with Gasteiger partial charge in [0.1, 0.15) is 5.82 Å². The Morgan fingerprint density at radius 3 is 2.57 bits per heavy atom. The van der Waals surface area contributed by atoms with Gasteiger partial charge in [-0.1, -0.05) is 27.7 Å². The second-order valence-electron chi connectivity index (χ2n) is 5.16. The molecule has 0 bridgehead atoms. The highest BCUT2D eigenvalue weighted by Crippen LogP contribution is 2.23. The minimum Gasteiger partial charge on any atom is -0.366 e. The highest BCUT2D eigenvalue weighted by molar-refractivity contribution is 9.10. The monoisotopic (exact) mass is 375 g/mol. The molecule has 0 amide bonds. The lowest BCUT2D eigenvalue weighted by Gasteiger charge is -2.12. The Morgan fingerprint density at radius 2 is 1.91 bits per heavy atom. The summed E-state index contributed by atoms with van der Waals surface area (Å²) in [6.45, 7) is 8.99. The van der Waals surface area contributed by atoms with Crippen molar-refractivity contribution in [1.82, 2.24) is 19.6 Å². The van der Waals surface area contributed by atoms with E-state index < -0.39 is 0 Å². The van der Waals surface area contributed by atoms with E-state index in [-0.39, 0.29) is 0 Å². The summed E-state index contributed by atoms with van der Waals surface area (Å²) in [6, 6.07) is 6.04. The van der Waals surface area contributed by atoms with E-state index in [1.54, 1.807) is 18.6 Å². The molecule has 0 unspecified atom stereocenters. The van der Waals surface area contributed by atoms with Gasteiger partial charge in [0, 0.05) is 30.7 Å². The standard InChI is InChI=1S/C15H16BrN5.C2H6/c1-10(2)13-7-14(18-8-11-3-5-17-6-4-11)21-15(20-13)12(16)9-19-21;1-2/h3-7,9-10,18H,8H2,1-2H3;1-2H3. The molecule has 5 nitrogen and oxygen atoms in total. The van der Waals surface area contributed by atoms with Crippen LogP contribution in [0.1, 0.15) is 44.9 Å². The lowest BCUT2D eigenvalue weighted by Crippen LogP contribution is -2.08. The van der Waals surface area contributed by atoms with Crippen molar-refractivity contribution in [3.63, 3.8) is 0 Å². The molecule has 3 aromatic heterocycles. The minimum atomic E-state index is 0.360. The van der Waals surface area contributed by atoms with E-state index in [9.17, 15) is 0 Å². The van der Waals surface area contributed by atoms with Crippen LogP contribution in [-0.2, 0) is 6.54 Å².